The number of oxazole rings is 1. The summed E-state index contributed by atoms with van der Waals surface area (Å²) in [5.41, 5.74) is 3.20. The lowest BCUT2D eigenvalue weighted by Gasteiger charge is -2.22. The molecule has 146 valence electrons. The number of hydrogen-bond donors (Lipinski definition) is 0. The summed E-state index contributed by atoms with van der Waals surface area (Å²) in [6.45, 7) is 10.8. The van der Waals surface area contributed by atoms with Gasteiger partial charge in [-0.25, -0.2) is 4.98 Å². The number of amides is 1. The van der Waals surface area contributed by atoms with Gasteiger partial charge in [-0.1, -0.05) is 45.0 Å². The van der Waals surface area contributed by atoms with E-state index in [1.165, 1.54) is 30.2 Å². The van der Waals surface area contributed by atoms with E-state index in [2.05, 4.69) is 54.9 Å². The van der Waals surface area contributed by atoms with Crippen LogP contribution in [0.4, 0.5) is 0 Å². The monoisotopic (exact) mass is 369 g/mol. The first-order chi connectivity index (χ1) is 12.8. The fourth-order valence-corrected chi connectivity index (χ4v) is 3.09. The van der Waals surface area contributed by atoms with E-state index in [0.717, 1.165) is 6.54 Å². The topological polar surface area (TPSA) is 49.6 Å². The fourth-order valence-electron chi connectivity index (χ4n) is 3.09. The van der Waals surface area contributed by atoms with Gasteiger partial charge in [0.25, 0.3) is 5.91 Å². The molecule has 1 heterocycles. The highest BCUT2D eigenvalue weighted by molar-refractivity contribution is 5.91. The Morgan fingerprint density at radius 3 is 2.41 bits per heavy atom. The molecule has 1 aromatic heterocycles. The summed E-state index contributed by atoms with van der Waals surface area (Å²) in [6.07, 6.45) is 3.91. The maximum Gasteiger partial charge on any atom is 0.275 e. The Morgan fingerprint density at radius 2 is 1.85 bits per heavy atom. The highest BCUT2D eigenvalue weighted by atomic mass is 16.3. The minimum atomic E-state index is -0.0942. The van der Waals surface area contributed by atoms with Crippen molar-refractivity contribution in [2.24, 2.45) is 0 Å². The third-order valence-electron chi connectivity index (χ3n) is 5.20. The predicted molar refractivity (Wildman–Crippen MR) is 107 cm³/mol. The van der Waals surface area contributed by atoms with Gasteiger partial charge in [0.05, 0.1) is 6.54 Å². The summed E-state index contributed by atoms with van der Waals surface area (Å²) in [5, 5.41) is 0. The zero-order valence-electron chi connectivity index (χ0n) is 17.2. The Morgan fingerprint density at radius 1 is 1.19 bits per heavy atom. The third-order valence-corrected chi connectivity index (χ3v) is 5.20. The quantitative estimate of drug-likeness (QED) is 0.733. The molecule has 0 bridgehead atoms. The maximum atomic E-state index is 12.2. The number of benzene rings is 1. The van der Waals surface area contributed by atoms with Crippen molar-refractivity contribution in [3.05, 3.63) is 53.2 Å². The minimum Gasteiger partial charge on any atom is -0.447 e. The van der Waals surface area contributed by atoms with Gasteiger partial charge in [-0.3, -0.25) is 9.69 Å². The summed E-state index contributed by atoms with van der Waals surface area (Å²) in [6, 6.07) is 9.47. The van der Waals surface area contributed by atoms with Crippen molar-refractivity contribution in [1.29, 1.82) is 0 Å². The van der Waals surface area contributed by atoms with E-state index in [0.29, 0.717) is 30.7 Å². The van der Waals surface area contributed by atoms with Crippen LogP contribution in [0.25, 0.3) is 0 Å². The van der Waals surface area contributed by atoms with E-state index in [1.54, 1.807) is 11.9 Å². The Balaban J connectivity index is 1.67. The number of aromatic nitrogens is 1. The van der Waals surface area contributed by atoms with Crippen LogP contribution >= 0.6 is 0 Å². The third kappa shape index (κ3) is 4.98. The lowest BCUT2D eigenvalue weighted by Crippen LogP contribution is -2.27. The standard InChI is InChI=1S/C22H31N3O2/c1-6-24(5)21(26)19-15-27-20(23-19)14-25(18-11-12-18)13-16-7-9-17(10-8-16)22(2,3)4/h7-10,15,18H,6,11-14H2,1-5H3. The summed E-state index contributed by atoms with van der Waals surface area (Å²) in [4.78, 5) is 20.7. The molecule has 1 aromatic carbocycles. The number of rotatable bonds is 7. The molecule has 1 saturated carbocycles. The second-order valence-corrected chi connectivity index (χ2v) is 8.53. The molecule has 1 amide bonds. The molecular formula is C22H31N3O2. The smallest absolute Gasteiger partial charge is 0.275 e. The molecule has 27 heavy (non-hydrogen) atoms. The molecule has 1 aliphatic rings. The van der Waals surface area contributed by atoms with Gasteiger partial charge in [0, 0.05) is 26.2 Å². The Hall–Kier alpha value is -2.14. The predicted octanol–water partition coefficient (Wildman–Crippen LogP) is 4.23. The number of carbonyl (C=O) groups excluding carboxylic acids is 1. The molecule has 0 spiro atoms. The van der Waals surface area contributed by atoms with Crippen LogP contribution in [-0.4, -0.2) is 40.3 Å². The molecule has 0 N–H and O–H groups in total. The highest BCUT2D eigenvalue weighted by Crippen LogP contribution is 2.30. The van der Waals surface area contributed by atoms with Crippen LogP contribution in [0.15, 0.2) is 34.9 Å². The summed E-state index contributed by atoms with van der Waals surface area (Å²) in [5.74, 6) is 0.518. The molecule has 2 aromatic rings. The molecule has 0 radical (unpaired) electrons. The van der Waals surface area contributed by atoms with E-state index in [-0.39, 0.29) is 11.3 Å². The van der Waals surface area contributed by atoms with Crippen LogP contribution in [0, 0.1) is 0 Å². The average Bonchev–Trinajstić information content (AvgIpc) is 3.38. The summed E-state index contributed by atoms with van der Waals surface area (Å²) >= 11 is 0. The second-order valence-electron chi connectivity index (χ2n) is 8.53. The lowest BCUT2D eigenvalue weighted by atomic mass is 9.87. The number of hydrogen-bond acceptors (Lipinski definition) is 4. The van der Waals surface area contributed by atoms with Crippen LogP contribution < -0.4 is 0 Å². The van der Waals surface area contributed by atoms with E-state index >= 15 is 0 Å². The highest BCUT2D eigenvalue weighted by Gasteiger charge is 2.30. The van der Waals surface area contributed by atoms with Gasteiger partial charge in [-0.15, -0.1) is 0 Å². The number of carbonyl (C=O) groups is 1. The van der Waals surface area contributed by atoms with Crippen LogP contribution in [0.2, 0.25) is 0 Å². The molecule has 1 aliphatic carbocycles. The van der Waals surface area contributed by atoms with Crippen molar-refractivity contribution in [2.75, 3.05) is 13.6 Å². The molecule has 0 aliphatic heterocycles. The molecule has 0 atom stereocenters. The Bertz CT molecular complexity index is 770. The molecular weight excluding hydrogens is 338 g/mol. The normalized spacial score (nSPS) is 14.6. The van der Waals surface area contributed by atoms with Gasteiger partial charge in [0.1, 0.15) is 6.26 Å². The van der Waals surface area contributed by atoms with Crippen molar-refractivity contribution in [3.8, 4) is 0 Å². The van der Waals surface area contributed by atoms with Crippen molar-refractivity contribution in [2.45, 2.75) is 65.1 Å². The zero-order chi connectivity index (χ0) is 19.6. The maximum absolute atomic E-state index is 12.2. The average molecular weight is 370 g/mol. The molecule has 5 nitrogen and oxygen atoms in total. The van der Waals surface area contributed by atoms with E-state index in [4.69, 9.17) is 4.42 Å². The first-order valence-corrected chi connectivity index (χ1v) is 9.81. The summed E-state index contributed by atoms with van der Waals surface area (Å²) in [7, 11) is 1.77. The SMILES string of the molecule is CCN(C)C(=O)c1coc(CN(Cc2ccc(C(C)(C)C)cc2)C2CC2)n1. The van der Waals surface area contributed by atoms with Gasteiger partial charge in [0.15, 0.2) is 5.69 Å². The van der Waals surface area contributed by atoms with Crippen LogP contribution in [0.5, 0.6) is 0 Å². The van der Waals surface area contributed by atoms with Gasteiger partial charge in [0.2, 0.25) is 5.89 Å². The largest absolute Gasteiger partial charge is 0.447 e. The van der Waals surface area contributed by atoms with Crippen molar-refractivity contribution < 1.29 is 9.21 Å². The molecule has 0 saturated heterocycles. The van der Waals surface area contributed by atoms with Gasteiger partial charge in [-0.05, 0) is 36.3 Å². The van der Waals surface area contributed by atoms with E-state index in [1.807, 2.05) is 6.92 Å². The molecule has 0 unspecified atom stereocenters. The van der Waals surface area contributed by atoms with Gasteiger partial charge >= 0.3 is 0 Å². The number of nitrogens with zero attached hydrogens (tertiary/aromatic N) is 3. The minimum absolute atomic E-state index is 0.0942. The van der Waals surface area contributed by atoms with Crippen molar-refractivity contribution in [1.82, 2.24) is 14.8 Å². The zero-order valence-corrected chi connectivity index (χ0v) is 17.2. The molecule has 3 rings (SSSR count). The van der Waals surface area contributed by atoms with E-state index < -0.39 is 0 Å². The Kier molecular flexibility index (Phi) is 5.70. The van der Waals surface area contributed by atoms with Crippen molar-refractivity contribution in [3.63, 3.8) is 0 Å². The van der Waals surface area contributed by atoms with Crippen LogP contribution in [0.3, 0.4) is 0 Å². The van der Waals surface area contributed by atoms with Gasteiger partial charge in [-0.2, -0.15) is 0 Å². The summed E-state index contributed by atoms with van der Waals surface area (Å²) < 4.78 is 5.59. The lowest BCUT2D eigenvalue weighted by molar-refractivity contribution is 0.0796. The van der Waals surface area contributed by atoms with Gasteiger partial charge < -0.3 is 9.32 Å². The Labute approximate surface area is 162 Å². The van der Waals surface area contributed by atoms with Crippen molar-refractivity contribution >= 4 is 5.91 Å². The second kappa shape index (κ2) is 7.85. The molecule has 5 heteroatoms. The molecule has 1 fully saturated rings. The first-order valence-electron chi connectivity index (χ1n) is 9.81. The van der Waals surface area contributed by atoms with E-state index in [9.17, 15) is 4.79 Å². The first kappa shape index (κ1) is 19.6. The fraction of sp³-hybridized carbons (Fsp3) is 0.545. The van der Waals surface area contributed by atoms with Crippen LogP contribution in [0.1, 0.15) is 68.0 Å². The van der Waals surface area contributed by atoms with Crippen LogP contribution in [-0.2, 0) is 18.5 Å².